The number of para-hydroxylation sites is 1. The van der Waals surface area contributed by atoms with E-state index in [2.05, 4.69) is 48.7 Å². The number of hydrogen-bond acceptors (Lipinski definition) is 5. The Labute approximate surface area is 136 Å². The minimum atomic E-state index is 0.217. The average Bonchev–Trinajstić information content (AvgIpc) is 3.06. The van der Waals surface area contributed by atoms with Gasteiger partial charge in [0, 0.05) is 0 Å². The molecule has 5 nitrogen and oxygen atoms in total. The zero-order valence-corrected chi connectivity index (χ0v) is 13.8. The van der Waals surface area contributed by atoms with Gasteiger partial charge in [-0.05, 0) is 62.8 Å². The molecule has 0 aliphatic heterocycles. The van der Waals surface area contributed by atoms with Gasteiger partial charge in [-0.2, -0.15) is 0 Å². The number of furan rings is 1. The first kappa shape index (κ1) is 13.6. The van der Waals surface area contributed by atoms with Crippen molar-refractivity contribution < 1.29 is 13.6 Å². The van der Waals surface area contributed by atoms with E-state index in [0.717, 1.165) is 9.32 Å². The van der Waals surface area contributed by atoms with E-state index in [-0.39, 0.29) is 6.61 Å². The van der Waals surface area contributed by atoms with E-state index >= 15 is 0 Å². The van der Waals surface area contributed by atoms with Crippen molar-refractivity contribution in [1.82, 2.24) is 10.2 Å². The molecule has 0 bridgehead atoms. The van der Waals surface area contributed by atoms with Crippen molar-refractivity contribution in [3.63, 3.8) is 0 Å². The van der Waals surface area contributed by atoms with Crippen molar-refractivity contribution in [2.24, 2.45) is 0 Å². The van der Waals surface area contributed by atoms with Crippen LogP contribution >= 0.6 is 38.5 Å². The first-order valence-electron chi connectivity index (χ1n) is 5.68. The van der Waals surface area contributed by atoms with Crippen LogP contribution in [0, 0.1) is 3.57 Å². The molecule has 0 aliphatic rings. The molecule has 3 aromatic rings. The van der Waals surface area contributed by atoms with Crippen LogP contribution in [0.2, 0.25) is 0 Å². The number of hydrogen-bond donors (Lipinski definition) is 0. The molecule has 0 atom stereocenters. The molecule has 0 N–H and O–H groups in total. The maximum atomic E-state index is 5.63. The van der Waals surface area contributed by atoms with E-state index in [9.17, 15) is 0 Å². The lowest BCUT2D eigenvalue weighted by Gasteiger charge is -2.04. The van der Waals surface area contributed by atoms with Gasteiger partial charge < -0.3 is 13.6 Å². The molecule has 0 aliphatic carbocycles. The van der Waals surface area contributed by atoms with E-state index in [0.29, 0.717) is 22.2 Å². The molecule has 0 amide bonds. The zero-order valence-electron chi connectivity index (χ0n) is 10.0. The number of benzene rings is 1. The second-order valence-electron chi connectivity index (χ2n) is 3.82. The van der Waals surface area contributed by atoms with Crippen LogP contribution < -0.4 is 4.74 Å². The van der Waals surface area contributed by atoms with E-state index in [4.69, 9.17) is 13.6 Å². The van der Waals surface area contributed by atoms with E-state index < -0.39 is 0 Å². The van der Waals surface area contributed by atoms with Gasteiger partial charge >= 0.3 is 0 Å². The summed E-state index contributed by atoms with van der Waals surface area (Å²) < 4.78 is 18.1. The highest BCUT2D eigenvalue weighted by molar-refractivity contribution is 14.1. The Hall–Kier alpha value is -1.35. The molecule has 2 aromatic heterocycles. The number of ether oxygens (including phenoxy) is 1. The lowest BCUT2D eigenvalue weighted by Crippen LogP contribution is -1.97. The first-order valence-corrected chi connectivity index (χ1v) is 7.55. The lowest BCUT2D eigenvalue weighted by atomic mass is 10.3. The molecule has 1 aromatic carbocycles. The molecule has 0 fully saturated rings. The van der Waals surface area contributed by atoms with Gasteiger partial charge in [-0.15, -0.1) is 10.2 Å². The molecule has 3 rings (SSSR count). The Morgan fingerprint density at radius 3 is 2.70 bits per heavy atom. The van der Waals surface area contributed by atoms with Crippen LogP contribution in [0.1, 0.15) is 5.89 Å². The van der Waals surface area contributed by atoms with Crippen LogP contribution in [0.3, 0.4) is 0 Å². The molecule has 102 valence electrons. The van der Waals surface area contributed by atoms with Crippen molar-refractivity contribution in [2.45, 2.75) is 6.61 Å². The fourth-order valence-corrected chi connectivity index (χ4v) is 2.39. The Balaban J connectivity index is 1.70. The molecular weight excluding hydrogens is 439 g/mol. The number of halogens is 2. The van der Waals surface area contributed by atoms with Crippen molar-refractivity contribution in [1.29, 1.82) is 0 Å². The molecule has 2 heterocycles. The summed E-state index contributed by atoms with van der Waals surface area (Å²) in [5.41, 5.74) is 0. The predicted molar refractivity (Wildman–Crippen MR) is 83.2 cm³/mol. The Bertz CT molecular complexity index is 726. The predicted octanol–water partition coefficient (Wildman–Crippen LogP) is 4.28. The third-order valence-electron chi connectivity index (χ3n) is 2.44. The Kier molecular flexibility index (Phi) is 4.06. The van der Waals surface area contributed by atoms with E-state index in [1.807, 2.05) is 24.3 Å². The van der Waals surface area contributed by atoms with Gasteiger partial charge in [0.1, 0.15) is 5.75 Å². The van der Waals surface area contributed by atoms with Gasteiger partial charge in [0.2, 0.25) is 0 Å². The molecule has 20 heavy (non-hydrogen) atoms. The first-order chi connectivity index (χ1) is 9.72. The summed E-state index contributed by atoms with van der Waals surface area (Å²) in [6.45, 7) is 0.217. The second kappa shape index (κ2) is 5.96. The van der Waals surface area contributed by atoms with Crippen LogP contribution in [0.4, 0.5) is 0 Å². The van der Waals surface area contributed by atoms with Crippen molar-refractivity contribution in [3.8, 4) is 17.4 Å². The van der Waals surface area contributed by atoms with Gasteiger partial charge in [-0.3, -0.25) is 0 Å². The summed E-state index contributed by atoms with van der Waals surface area (Å²) in [4.78, 5) is 0. The van der Waals surface area contributed by atoms with Crippen molar-refractivity contribution >= 4 is 38.5 Å². The second-order valence-corrected chi connectivity index (χ2v) is 5.77. The van der Waals surface area contributed by atoms with Crippen LogP contribution in [-0.4, -0.2) is 10.2 Å². The Morgan fingerprint density at radius 2 is 1.95 bits per heavy atom. The van der Waals surface area contributed by atoms with Crippen LogP contribution in [0.15, 0.2) is 49.9 Å². The summed E-state index contributed by atoms with van der Waals surface area (Å²) in [5, 5.41) is 7.85. The fourth-order valence-electron chi connectivity index (χ4n) is 1.54. The van der Waals surface area contributed by atoms with Crippen molar-refractivity contribution in [3.05, 3.63) is 50.5 Å². The van der Waals surface area contributed by atoms with E-state index in [1.54, 1.807) is 12.1 Å². The van der Waals surface area contributed by atoms with E-state index in [1.165, 1.54) is 0 Å². The summed E-state index contributed by atoms with van der Waals surface area (Å²) >= 11 is 5.43. The summed E-state index contributed by atoms with van der Waals surface area (Å²) in [5.74, 6) is 2.03. The van der Waals surface area contributed by atoms with Crippen LogP contribution in [0.5, 0.6) is 5.75 Å². The lowest BCUT2D eigenvalue weighted by molar-refractivity contribution is 0.262. The normalized spacial score (nSPS) is 10.7. The number of aromatic nitrogens is 2. The maximum Gasteiger partial charge on any atom is 0.283 e. The topological polar surface area (TPSA) is 61.3 Å². The molecule has 0 unspecified atom stereocenters. The third kappa shape index (κ3) is 3.04. The molecule has 0 saturated carbocycles. The molecule has 0 saturated heterocycles. The standard InChI is InChI=1S/C13H8BrIN2O3/c14-11-6-5-10(19-11)13-17-16-12(20-13)7-18-9-4-2-1-3-8(9)15/h1-6H,7H2. The van der Waals surface area contributed by atoms with Gasteiger partial charge in [-0.25, -0.2) is 0 Å². The maximum absolute atomic E-state index is 5.63. The van der Waals surface area contributed by atoms with Gasteiger partial charge in [0.25, 0.3) is 11.8 Å². The van der Waals surface area contributed by atoms with Gasteiger partial charge in [0.15, 0.2) is 17.0 Å². The number of nitrogens with zero attached hydrogens (tertiary/aromatic N) is 2. The fraction of sp³-hybridized carbons (Fsp3) is 0.0769. The molecule has 0 radical (unpaired) electrons. The van der Waals surface area contributed by atoms with Crippen LogP contribution in [-0.2, 0) is 6.61 Å². The quantitative estimate of drug-likeness (QED) is 0.560. The smallest absolute Gasteiger partial charge is 0.283 e. The van der Waals surface area contributed by atoms with Gasteiger partial charge in [-0.1, -0.05) is 12.1 Å². The Morgan fingerprint density at radius 1 is 1.10 bits per heavy atom. The monoisotopic (exact) mass is 446 g/mol. The summed E-state index contributed by atoms with van der Waals surface area (Å²) in [6.07, 6.45) is 0. The highest BCUT2D eigenvalue weighted by atomic mass is 127. The minimum absolute atomic E-state index is 0.217. The SMILES string of the molecule is Brc1ccc(-c2nnc(COc3ccccc3I)o2)o1. The largest absolute Gasteiger partial charge is 0.483 e. The van der Waals surface area contributed by atoms with Gasteiger partial charge in [0.05, 0.1) is 3.57 Å². The minimum Gasteiger partial charge on any atom is -0.483 e. The molecule has 0 spiro atoms. The third-order valence-corrected chi connectivity index (χ3v) is 3.76. The molecule has 7 heteroatoms. The summed E-state index contributed by atoms with van der Waals surface area (Å²) in [6, 6.07) is 11.2. The average molecular weight is 447 g/mol. The molecular formula is C13H8BrIN2O3. The number of rotatable bonds is 4. The van der Waals surface area contributed by atoms with Crippen molar-refractivity contribution in [2.75, 3.05) is 0 Å². The highest BCUT2D eigenvalue weighted by Crippen LogP contribution is 2.25. The zero-order chi connectivity index (χ0) is 13.9. The highest BCUT2D eigenvalue weighted by Gasteiger charge is 2.12. The summed E-state index contributed by atoms with van der Waals surface area (Å²) in [7, 11) is 0. The van der Waals surface area contributed by atoms with Crippen LogP contribution in [0.25, 0.3) is 11.7 Å².